The minimum absolute atomic E-state index is 0.402. The summed E-state index contributed by atoms with van der Waals surface area (Å²) >= 11 is 0. The van der Waals surface area contributed by atoms with Gasteiger partial charge in [0, 0.05) is 6.54 Å². The summed E-state index contributed by atoms with van der Waals surface area (Å²) in [4.78, 5) is 4.47. The maximum Gasteiger partial charge on any atom is 0.272 e. The van der Waals surface area contributed by atoms with Crippen LogP contribution >= 0.6 is 0 Å². The second-order valence-electron chi connectivity index (χ2n) is 4.98. The standard InChI is InChI=1S/C17H21F2N3O2/c1-2-20-17(22-11-15-7-4-8-23-15)21-10-13-5-3-6-14(9-13)24-12-16(18)19/h3-9,16H,2,10-12H2,1H3,(H2,20,21,22). The van der Waals surface area contributed by atoms with E-state index >= 15 is 0 Å². The van der Waals surface area contributed by atoms with Gasteiger partial charge in [0.1, 0.15) is 18.1 Å². The fourth-order valence-electron chi connectivity index (χ4n) is 1.99. The Balaban J connectivity index is 1.93. The Morgan fingerprint density at radius 1 is 1.25 bits per heavy atom. The Morgan fingerprint density at radius 3 is 2.83 bits per heavy atom. The van der Waals surface area contributed by atoms with Crippen LogP contribution in [0.1, 0.15) is 18.2 Å². The molecule has 2 rings (SSSR count). The molecule has 130 valence electrons. The molecule has 1 aromatic carbocycles. The zero-order chi connectivity index (χ0) is 17.2. The smallest absolute Gasteiger partial charge is 0.272 e. The van der Waals surface area contributed by atoms with Crippen LogP contribution in [0.5, 0.6) is 5.75 Å². The number of aliphatic imine (C=N–C) groups is 1. The third-order valence-corrected chi connectivity index (χ3v) is 3.05. The Hall–Kier alpha value is -2.57. The van der Waals surface area contributed by atoms with Crippen LogP contribution in [0.15, 0.2) is 52.1 Å². The van der Waals surface area contributed by atoms with Crippen molar-refractivity contribution in [3.05, 3.63) is 54.0 Å². The minimum atomic E-state index is -2.49. The van der Waals surface area contributed by atoms with E-state index in [1.807, 2.05) is 25.1 Å². The molecule has 0 spiro atoms. The average Bonchev–Trinajstić information content (AvgIpc) is 3.09. The number of nitrogens with one attached hydrogen (secondary N) is 2. The van der Waals surface area contributed by atoms with Gasteiger partial charge in [0.05, 0.1) is 19.4 Å². The van der Waals surface area contributed by atoms with Gasteiger partial charge in [-0.25, -0.2) is 13.8 Å². The van der Waals surface area contributed by atoms with Crippen LogP contribution in [0.2, 0.25) is 0 Å². The van der Waals surface area contributed by atoms with Crippen LogP contribution in [0.25, 0.3) is 0 Å². The number of hydrogen-bond donors (Lipinski definition) is 2. The first kappa shape index (κ1) is 17.8. The number of benzene rings is 1. The number of alkyl halides is 2. The van der Waals surface area contributed by atoms with E-state index in [2.05, 4.69) is 15.6 Å². The highest BCUT2D eigenvalue weighted by atomic mass is 19.3. The van der Waals surface area contributed by atoms with Crippen molar-refractivity contribution < 1.29 is 17.9 Å². The maximum atomic E-state index is 12.2. The highest BCUT2D eigenvalue weighted by molar-refractivity contribution is 5.79. The summed E-state index contributed by atoms with van der Waals surface area (Å²) in [6.45, 7) is 3.01. The van der Waals surface area contributed by atoms with Crippen molar-refractivity contribution in [3.63, 3.8) is 0 Å². The van der Waals surface area contributed by atoms with Gasteiger partial charge >= 0.3 is 0 Å². The fourth-order valence-corrected chi connectivity index (χ4v) is 1.99. The molecule has 7 heteroatoms. The number of ether oxygens (including phenoxy) is 1. The van der Waals surface area contributed by atoms with Gasteiger partial charge in [-0.15, -0.1) is 0 Å². The van der Waals surface area contributed by atoms with Crippen LogP contribution in [0.4, 0.5) is 8.78 Å². The summed E-state index contributed by atoms with van der Waals surface area (Å²) in [5.41, 5.74) is 0.872. The van der Waals surface area contributed by atoms with Crippen LogP contribution in [-0.4, -0.2) is 25.5 Å². The Morgan fingerprint density at radius 2 is 2.12 bits per heavy atom. The largest absolute Gasteiger partial charge is 0.488 e. The van der Waals surface area contributed by atoms with Crippen LogP contribution < -0.4 is 15.4 Å². The third-order valence-electron chi connectivity index (χ3n) is 3.05. The lowest BCUT2D eigenvalue weighted by molar-refractivity contribution is 0.0818. The van der Waals surface area contributed by atoms with E-state index < -0.39 is 13.0 Å². The topological polar surface area (TPSA) is 58.8 Å². The number of furan rings is 1. The molecule has 0 aliphatic carbocycles. The lowest BCUT2D eigenvalue weighted by atomic mass is 10.2. The van der Waals surface area contributed by atoms with E-state index in [0.717, 1.165) is 17.9 Å². The van der Waals surface area contributed by atoms with Gasteiger partial charge in [-0.1, -0.05) is 12.1 Å². The zero-order valence-corrected chi connectivity index (χ0v) is 13.5. The van der Waals surface area contributed by atoms with Gasteiger partial charge < -0.3 is 19.8 Å². The molecular formula is C17H21F2N3O2. The molecule has 0 unspecified atom stereocenters. The van der Waals surface area contributed by atoms with E-state index in [4.69, 9.17) is 9.15 Å². The molecule has 0 saturated carbocycles. The van der Waals surface area contributed by atoms with Gasteiger partial charge in [-0.3, -0.25) is 0 Å². The van der Waals surface area contributed by atoms with Crippen LogP contribution in [0.3, 0.4) is 0 Å². The highest BCUT2D eigenvalue weighted by Gasteiger charge is 2.04. The van der Waals surface area contributed by atoms with Gasteiger partial charge in [-0.2, -0.15) is 0 Å². The Kier molecular flexibility index (Phi) is 7.07. The second kappa shape index (κ2) is 9.54. The van der Waals surface area contributed by atoms with Gasteiger partial charge in [0.2, 0.25) is 0 Å². The molecule has 24 heavy (non-hydrogen) atoms. The first-order valence-electron chi connectivity index (χ1n) is 7.72. The molecule has 0 atom stereocenters. The lowest BCUT2D eigenvalue weighted by Crippen LogP contribution is -2.36. The lowest BCUT2D eigenvalue weighted by Gasteiger charge is -2.10. The SMILES string of the molecule is CCNC(=NCc1cccc(OCC(F)F)c1)NCc1ccco1. The highest BCUT2D eigenvalue weighted by Crippen LogP contribution is 2.15. The van der Waals surface area contributed by atoms with E-state index in [-0.39, 0.29) is 0 Å². The second-order valence-corrected chi connectivity index (χ2v) is 4.98. The molecule has 0 bridgehead atoms. The van der Waals surface area contributed by atoms with Crippen molar-refractivity contribution in [2.75, 3.05) is 13.2 Å². The predicted octanol–water partition coefficient (Wildman–Crippen LogP) is 3.18. The van der Waals surface area contributed by atoms with Crippen LogP contribution in [0, 0.1) is 0 Å². The summed E-state index contributed by atoms with van der Waals surface area (Å²) in [6.07, 6.45) is -0.871. The minimum Gasteiger partial charge on any atom is -0.488 e. The predicted molar refractivity (Wildman–Crippen MR) is 88.3 cm³/mol. The normalized spacial score (nSPS) is 11.6. The summed E-state index contributed by atoms with van der Waals surface area (Å²) in [5.74, 6) is 1.87. The molecule has 5 nitrogen and oxygen atoms in total. The summed E-state index contributed by atoms with van der Waals surface area (Å²) in [7, 11) is 0. The van der Waals surface area contributed by atoms with Gasteiger partial charge in [0.15, 0.2) is 5.96 Å². The van der Waals surface area contributed by atoms with Crippen molar-refractivity contribution in [1.82, 2.24) is 10.6 Å². The van der Waals surface area contributed by atoms with Crippen molar-refractivity contribution in [3.8, 4) is 5.75 Å². The first-order valence-corrected chi connectivity index (χ1v) is 7.72. The summed E-state index contributed by atoms with van der Waals surface area (Å²) < 4.78 is 34.7. The quantitative estimate of drug-likeness (QED) is 0.574. The molecule has 0 fully saturated rings. The average molecular weight is 337 g/mol. The molecule has 0 aliphatic heterocycles. The zero-order valence-electron chi connectivity index (χ0n) is 13.5. The van der Waals surface area contributed by atoms with Crippen LogP contribution in [-0.2, 0) is 13.1 Å². The van der Waals surface area contributed by atoms with Crippen molar-refractivity contribution in [2.24, 2.45) is 4.99 Å². The van der Waals surface area contributed by atoms with E-state index in [1.165, 1.54) is 0 Å². The monoisotopic (exact) mass is 337 g/mol. The number of nitrogens with zero attached hydrogens (tertiary/aromatic N) is 1. The Labute approximate surface area is 139 Å². The number of guanidine groups is 1. The molecule has 2 aromatic rings. The number of rotatable bonds is 8. The maximum absolute atomic E-state index is 12.2. The Bertz CT molecular complexity index is 631. The molecular weight excluding hydrogens is 316 g/mol. The molecule has 1 aromatic heterocycles. The summed E-state index contributed by atoms with van der Waals surface area (Å²) in [5, 5.41) is 6.30. The van der Waals surface area contributed by atoms with E-state index in [1.54, 1.807) is 24.5 Å². The molecule has 0 aliphatic rings. The number of halogens is 2. The van der Waals surface area contributed by atoms with E-state index in [9.17, 15) is 8.78 Å². The molecule has 0 amide bonds. The molecule has 1 heterocycles. The third kappa shape index (κ3) is 6.28. The van der Waals surface area contributed by atoms with Crippen molar-refractivity contribution >= 4 is 5.96 Å². The van der Waals surface area contributed by atoms with E-state index in [0.29, 0.717) is 24.8 Å². The fraction of sp³-hybridized carbons (Fsp3) is 0.353. The molecule has 0 saturated heterocycles. The molecule has 2 N–H and O–H groups in total. The molecule has 0 radical (unpaired) electrons. The summed E-state index contributed by atoms with van der Waals surface area (Å²) in [6, 6.07) is 10.7. The number of hydrogen-bond acceptors (Lipinski definition) is 3. The van der Waals surface area contributed by atoms with Gasteiger partial charge in [-0.05, 0) is 36.8 Å². The van der Waals surface area contributed by atoms with Crippen molar-refractivity contribution in [1.29, 1.82) is 0 Å². The first-order chi connectivity index (χ1) is 11.7. The van der Waals surface area contributed by atoms with Gasteiger partial charge in [0.25, 0.3) is 6.43 Å². The van der Waals surface area contributed by atoms with Crippen molar-refractivity contribution in [2.45, 2.75) is 26.4 Å².